The van der Waals surface area contributed by atoms with Crippen molar-refractivity contribution in [1.29, 1.82) is 0 Å². The molecule has 7 heteroatoms. The van der Waals surface area contributed by atoms with Gasteiger partial charge in [-0.25, -0.2) is 13.2 Å². The number of nitrogens with one attached hydrogen (secondary N) is 2. The number of aromatic nitrogens is 2. The second-order valence-electron chi connectivity index (χ2n) is 4.74. The second kappa shape index (κ2) is 5.96. The largest absolute Gasteiger partial charge is 0.359 e. The summed E-state index contributed by atoms with van der Waals surface area (Å²) in [5, 5.41) is 2.90. The molecular formula is C16H10F3N3O. The van der Waals surface area contributed by atoms with Crippen LogP contribution in [0.3, 0.4) is 0 Å². The van der Waals surface area contributed by atoms with Gasteiger partial charge in [0.05, 0.1) is 23.1 Å². The molecule has 1 aromatic carbocycles. The fourth-order valence-electron chi connectivity index (χ4n) is 2.04. The van der Waals surface area contributed by atoms with Crippen LogP contribution in [0.15, 0.2) is 42.7 Å². The van der Waals surface area contributed by atoms with Gasteiger partial charge in [-0.15, -0.1) is 0 Å². The Hall–Kier alpha value is -3.09. The highest BCUT2D eigenvalue weighted by Gasteiger charge is 2.10. The van der Waals surface area contributed by atoms with E-state index in [1.807, 2.05) is 0 Å². The zero-order valence-corrected chi connectivity index (χ0v) is 11.6. The highest BCUT2D eigenvalue weighted by atomic mass is 19.2. The molecule has 0 aliphatic rings. The Morgan fingerprint density at radius 1 is 1.17 bits per heavy atom. The third-order valence-electron chi connectivity index (χ3n) is 3.14. The molecule has 0 atom stereocenters. The van der Waals surface area contributed by atoms with Crippen molar-refractivity contribution < 1.29 is 18.0 Å². The summed E-state index contributed by atoms with van der Waals surface area (Å²) in [7, 11) is 0. The van der Waals surface area contributed by atoms with Crippen LogP contribution in [0.5, 0.6) is 0 Å². The average molecular weight is 317 g/mol. The molecule has 0 spiro atoms. The number of carbonyl (C=O) groups excluding carboxylic acids is 1. The van der Waals surface area contributed by atoms with Crippen LogP contribution in [0.25, 0.3) is 17.0 Å². The van der Waals surface area contributed by atoms with Crippen LogP contribution in [0, 0.1) is 17.5 Å². The molecule has 3 rings (SSSR count). The summed E-state index contributed by atoms with van der Waals surface area (Å²) in [6.45, 7) is 0. The number of pyridine rings is 1. The number of H-pyrrole nitrogens is 1. The normalized spacial score (nSPS) is 11.3. The number of anilines is 1. The van der Waals surface area contributed by atoms with E-state index >= 15 is 0 Å². The lowest BCUT2D eigenvalue weighted by atomic mass is 10.2. The van der Waals surface area contributed by atoms with Crippen molar-refractivity contribution >= 4 is 28.6 Å². The Kier molecular flexibility index (Phi) is 3.84. The molecule has 2 N–H and O–H groups in total. The van der Waals surface area contributed by atoms with E-state index < -0.39 is 23.4 Å². The van der Waals surface area contributed by atoms with Crippen LogP contribution in [-0.2, 0) is 4.79 Å². The minimum atomic E-state index is -1.00. The Labute approximate surface area is 128 Å². The molecule has 0 fully saturated rings. The van der Waals surface area contributed by atoms with Gasteiger partial charge in [0.1, 0.15) is 5.82 Å². The predicted molar refractivity (Wildman–Crippen MR) is 80.1 cm³/mol. The van der Waals surface area contributed by atoms with Crippen molar-refractivity contribution in [1.82, 2.24) is 9.97 Å². The van der Waals surface area contributed by atoms with Crippen LogP contribution in [-0.4, -0.2) is 15.9 Å². The van der Waals surface area contributed by atoms with E-state index in [1.165, 1.54) is 30.5 Å². The summed E-state index contributed by atoms with van der Waals surface area (Å²) in [6, 6.07) is 4.66. The molecule has 0 aliphatic heterocycles. The van der Waals surface area contributed by atoms with Crippen LogP contribution >= 0.6 is 0 Å². The molecule has 0 saturated heterocycles. The Balaban J connectivity index is 1.77. The monoisotopic (exact) mass is 317 g/mol. The molecule has 4 nitrogen and oxygen atoms in total. The van der Waals surface area contributed by atoms with E-state index in [4.69, 9.17) is 0 Å². The maximum Gasteiger partial charge on any atom is 0.248 e. The van der Waals surface area contributed by atoms with Crippen molar-refractivity contribution in [3.8, 4) is 0 Å². The summed E-state index contributed by atoms with van der Waals surface area (Å²) in [4.78, 5) is 18.4. The van der Waals surface area contributed by atoms with Gasteiger partial charge in [-0.1, -0.05) is 0 Å². The molecule has 3 aromatic rings. The van der Waals surface area contributed by atoms with E-state index in [-0.39, 0.29) is 0 Å². The van der Waals surface area contributed by atoms with E-state index in [2.05, 4.69) is 15.3 Å². The quantitative estimate of drug-likeness (QED) is 0.725. The molecule has 0 aliphatic carbocycles. The average Bonchev–Trinajstić information content (AvgIpc) is 2.89. The number of hydrogen-bond donors (Lipinski definition) is 2. The number of amides is 1. The van der Waals surface area contributed by atoms with Crippen LogP contribution in [0.2, 0.25) is 0 Å². The summed E-state index contributed by atoms with van der Waals surface area (Å²) in [5.74, 6) is -2.93. The zero-order chi connectivity index (χ0) is 16.4. The fraction of sp³-hybridized carbons (Fsp3) is 0. The molecule has 1 amide bonds. The number of benzene rings is 1. The van der Waals surface area contributed by atoms with Gasteiger partial charge in [0.25, 0.3) is 0 Å². The number of hydrogen-bond acceptors (Lipinski definition) is 2. The molecule has 23 heavy (non-hydrogen) atoms. The molecular weight excluding hydrogens is 307 g/mol. The molecule has 2 heterocycles. The van der Waals surface area contributed by atoms with Crippen LogP contribution in [0.1, 0.15) is 5.69 Å². The van der Waals surface area contributed by atoms with E-state index in [0.29, 0.717) is 22.3 Å². The zero-order valence-electron chi connectivity index (χ0n) is 11.6. The fourth-order valence-corrected chi connectivity index (χ4v) is 2.04. The Morgan fingerprint density at radius 2 is 1.96 bits per heavy atom. The van der Waals surface area contributed by atoms with Gasteiger partial charge in [0.2, 0.25) is 5.91 Å². The summed E-state index contributed by atoms with van der Waals surface area (Å²) in [5.41, 5.74) is 1.09. The summed E-state index contributed by atoms with van der Waals surface area (Å²) in [6.07, 6.45) is 5.09. The van der Waals surface area contributed by atoms with Gasteiger partial charge in [-0.05, 0) is 24.3 Å². The van der Waals surface area contributed by atoms with Gasteiger partial charge in [0.15, 0.2) is 11.6 Å². The first-order chi connectivity index (χ1) is 11.0. The summed E-state index contributed by atoms with van der Waals surface area (Å²) >= 11 is 0. The number of carbonyl (C=O) groups is 1. The minimum Gasteiger partial charge on any atom is -0.359 e. The van der Waals surface area contributed by atoms with Gasteiger partial charge in [-0.3, -0.25) is 9.78 Å². The maximum absolute atomic E-state index is 13.3. The minimum absolute atomic E-state index is 0.320. The smallest absolute Gasteiger partial charge is 0.248 e. The van der Waals surface area contributed by atoms with Crippen LogP contribution < -0.4 is 5.32 Å². The SMILES string of the molecule is O=C(/C=C/c1ccc(F)cn1)Nc1c[nH]c2cc(F)c(F)cc12. The number of halogens is 3. The highest BCUT2D eigenvalue weighted by Crippen LogP contribution is 2.25. The highest BCUT2D eigenvalue weighted by molar-refractivity contribution is 6.07. The predicted octanol–water partition coefficient (Wildman–Crippen LogP) is 3.63. The molecule has 116 valence electrons. The molecule has 0 saturated carbocycles. The topological polar surface area (TPSA) is 57.8 Å². The van der Waals surface area contributed by atoms with Gasteiger partial charge in [-0.2, -0.15) is 0 Å². The third-order valence-corrected chi connectivity index (χ3v) is 3.14. The van der Waals surface area contributed by atoms with Crippen molar-refractivity contribution in [3.63, 3.8) is 0 Å². The summed E-state index contributed by atoms with van der Waals surface area (Å²) < 4.78 is 39.1. The first kappa shape index (κ1) is 14.8. The lowest BCUT2D eigenvalue weighted by Gasteiger charge is -2.00. The third kappa shape index (κ3) is 3.23. The number of rotatable bonds is 3. The van der Waals surface area contributed by atoms with Crippen molar-refractivity contribution in [2.45, 2.75) is 0 Å². The van der Waals surface area contributed by atoms with Crippen LogP contribution in [0.4, 0.5) is 18.9 Å². The Bertz CT molecular complexity index is 901. The lowest BCUT2D eigenvalue weighted by Crippen LogP contribution is -2.07. The van der Waals surface area contributed by atoms with Crippen molar-refractivity contribution in [2.24, 2.45) is 0 Å². The van der Waals surface area contributed by atoms with Gasteiger partial charge < -0.3 is 10.3 Å². The first-order valence-corrected chi connectivity index (χ1v) is 6.59. The Morgan fingerprint density at radius 3 is 2.70 bits per heavy atom. The number of nitrogens with zero attached hydrogens (tertiary/aromatic N) is 1. The van der Waals surface area contributed by atoms with E-state index in [1.54, 1.807) is 0 Å². The standard InChI is InChI=1S/C16H10F3N3O/c17-9-1-2-10(20-7-9)3-4-16(23)22-15-8-21-14-6-13(19)12(18)5-11(14)15/h1-8,21H,(H,22,23)/b4-3+. The van der Waals surface area contributed by atoms with E-state index in [9.17, 15) is 18.0 Å². The lowest BCUT2D eigenvalue weighted by molar-refractivity contribution is -0.111. The van der Waals surface area contributed by atoms with Crippen molar-refractivity contribution in [2.75, 3.05) is 5.32 Å². The second-order valence-corrected chi connectivity index (χ2v) is 4.74. The molecule has 0 radical (unpaired) electrons. The van der Waals surface area contributed by atoms with Gasteiger partial charge >= 0.3 is 0 Å². The molecule has 0 bridgehead atoms. The van der Waals surface area contributed by atoms with E-state index in [0.717, 1.165) is 18.3 Å². The maximum atomic E-state index is 13.3. The molecule has 2 aromatic heterocycles. The number of fused-ring (bicyclic) bond motifs is 1. The van der Waals surface area contributed by atoms with Crippen molar-refractivity contribution in [3.05, 3.63) is 65.9 Å². The first-order valence-electron chi connectivity index (χ1n) is 6.59. The number of aromatic amines is 1. The molecule has 0 unspecified atom stereocenters. The van der Waals surface area contributed by atoms with Gasteiger partial charge in [0, 0.05) is 23.7 Å².